The van der Waals surface area contributed by atoms with Crippen LogP contribution in [0.1, 0.15) is 12.8 Å². The smallest absolute Gasteiger partial charge is 0.243 e. The van der Waals surface area contributed by atoms with Gasteiger partial charge in [-0.25, -0.2) is 13.1 Å². The Labute approximate surface area is 135 Å². The zero-order valence-corrected chi connectivity index (χ0v) is 14.7. The lowest BCUT2D eigenvalue weighted by atomic mass is 10.1. The van der Waals surface area contributed by atoms with Crippen molar-refractivity contribution in [3.63, 3.8) is 0 Å². The third-order valence-electron chi connectivity index (χ3n) is 3.17. The average Bonchev–Trinajstić information content (AvgIpc) is 2.79. The molecule has 0 aromatic heterocycles. The molecular weight excluding hydrogens is 412 g/mol. The number of nitrogens with two attached hydrogens (primary N) is 1. The van der Waals surface area contributed by atoms with Gasteiger partial charge in [-0.05, 0) is 46.8 Å². The highest BCUT2D eigenvalue weighted by Crippen LogP contribution is 2.31. The zero-order valence-electron chi connectivity index (χ0n) is 10.7. The molecule has 1 saturated heterocycles. The zero-order chi connectivity index (χ0) is 14.8. The molecular formula is C12H16Br2N2O3S. The average molecular weight is 428 g/mol. The second-order valence-corrected chi connectivity index (χ2v) is 8.20. The number of sulfonamides is 1. The number of nitrogens with one attached hydrogen (secondary N) is 1. The van der Waals surface area contributed by atoms with Crippen molar-refractivity contribution in [2.75, 3.05) is 25.5 Å². The van der Waals surface area contributed by atoms with E-state index in [4.69, 9.17) is 10.5 Å². The summed E-state index contributed by atoms with van der Waals surface area (Å²) >= 11 is 6.51. The van der Waals surface area contributed by atoms with E-state index in [2.05, 4.69) is 36.6 Å². The molecule has 0 radical (unpaired) electrons. The van der Waals surface area contributed by atoms with Crippen molar-refractivity contribution in [2.24, 2.45) is 5.92 Å². The van der Waals surface area contributed by atoms with Gasteiger partial charge >= 0.3 is 0 Å². The van der Waals surface area contributed by atoms with E-state index in [-0.39, 0.29) is 10.6 Å². The molecule has 3 N–H and O–H groups in total. The largest absolute Gasteiger partial charge is 0.398 e. The minimum Gasteiger partial charge on any atom is -0.398 e. The molecule has 0 aliphatic carbocycles. The van der Waals surface area contributed by atoms with E-state index in [1.807, 2.05) is 0 Å². The van der Waals surface area contributed by atoms with Crippen LogP contribution >= 0.6 is 31.9 Å². The molecule has 2 rings (SSSR count). The maximum Gasteiger partial charge on any atom is 0.243 e. The fourth-order valence-electron chi connectivity index (χ4n) is 2.14. The molecule has 1 atom stereocenters. The van der Waals surface area contributed by atoms with Gasteiger partial charge in [0.05, 0.1) is 5.69 Å². The Bertz CT molecular complexity index is 563. The molecule has 1 fully saturated rings. The maximum atomic E-state index is 12.3. The van der Waals surface area contributed by atoms with Crippen LogP contribution in [0.2, 0.25) is 0 Å². The Kier molecular flexibility index (Phi) is 5.47. The number of nitrogen functional groups attached to an aromatic ring is 1. The monoisotopic (exact) mass is 426 g/mol. The summed E-state index contributed by atoms with van der Waals surface area (Å²) in [7, 11) is -3.61. The first kappa shape index (κ1) is 16.2. The minimum atomic E-state index is -3.61. The molecule has 1 heterocycles. The van der Waals surface area contributed by atoms with Crippen molar-refractivity contribution in [3.8, 4) is 0 Å². The summed E-state index contributed by atoms with van der Waals surface area (Å²) in [4.78, 5) is 0.0865. The summed E-state index contributed by atoms with van der Waals surface area (Å²) in [5.41, 5.74) is 6.01. The highest BCUT2D eigenvalue weighted by atomic mass is 79.9. The van der Waals surface area contributed by atoms with Crippen molar-refractivity contribution >= 4 is 47.6 Å². The molecule has 20 heavy (non-hydrogen) atoms. The van der Waals surface area contributed by atoms with Crippen molar-refractivity contribution in [2.45, 2.75) is 17.7 Å². The summed E-state index contributed by atoms with van der Waals surface area (Å²) in [6.45, 7) is 1.87. The van der Waals surface area contributed by atoms with Gasteiger partial charge in [-0.15, -0.1) is 0 Å². The molecule has 0 saturated carbocycles. The van der Waals surface area contributed by atoms with Crippen LogP contribution < -0.4 is 10.5 Å². The first-order valence-electron chi connectivity index (χ1n) is 6.22. The van der Waals surface area contributed by atoms with Crippen molar-refractivity contribution in [3.05, 3.63) is 21.1 Å². The van der Waals surface area contributed by atoms with E-state index >= 15 is 0 Å². The Morgan fingerprint density at radius 2 is 2.15 bits per heavy atom. The van der Waals surface area contributed by atoms with E-state index in [1.165, 1.54) is 0 Å². The third-order valence-corrected chi connectivity index (χ3v) is 6.10. The molecule has 1 aromatic rings. The Balaban J connectivity index is 2.06. The van der Waals surface area contributed by atoms with Crippen LogP contribution in [-0.2, 0) is 14.8 Å². The van der Waals surface area contributed by atoms with Gasteiger partial charge in [-0.3, -0.25) is 0 Å². The lowest BCUT2D eigenvalue weighted by Gasteiger charge is -2.13. The van der Waals surface area contributed by atoms with Gasteiger partial charge in [0.2, 0.25) is 10.0 Å². The second-order valence-electron chi connectivity index (χ2n) is 4.72. The number of benzene rings is 1. The quantitative estimate of drug-likeness (QED) is 0.707. The second kappa shape index (κ2) is 6.74. The highest BCUT2D eigenvalue weighted by Gasteiger charge is 2.22. The van der Waals surface area contributed by atoms with Crippen LogP contribution in [0.3, 0.4) is 0 Å². The van der Waals surface area contributed by atoms with Crippen molar-refractivity contribution in [1.82, 2.24) is 4.72 Å². The molecule has 1 aliphatic heterocycles. The third kappa shape index (κ3) is 3.94. The van der Waals surface area contributed by atoms with Gasteiger partial charge in [0, 0.05) is 28.7 Å². The van der Waals surface area contributed by atoms with Crippen LogP contribution in [0.4, 0.5) is 5.69 Å². The molecule has 1 unspecified atom stereocenters. The van der Waals surface area contributed by atoms with Gasteiger partial charge in [-0.2, -0.15) is 0 Å². The van der Waals surface area contributed by atoms with E-state index < -0.39 is 10.0 Å². The van der Waals surface area contributed by atoms with Gasteiger partial charge in [0.1, 0.15) is 4.90 Å². The Morgan fingerprint density at radius 1 is 1.40 bits per heavy atom. The first-order valence-corrected chi connectivity index (χ1v) is 9.29. The maximum absolute atomic E-state index is 12.3. The lowest BCUT2D eigenvalue weighted by molar-refractivity contribution is 0.184. The SMILES string of the molecule is Nc1cc(Br)cc(Br)c1S(=O)(=O)NCCC1CCOC1. The van der Waals surface area contributed by atoms with Gasteiger partial charge < -0.3 is 10.5 Å². The minimum absolute atomic E-state index is 0.0865. The standard InChI is InChI=1S/C12H16Br2N2O3S/c13-9-5-10(14)12(11(15)6-9)20(17,18)16-3-1-8-2-4-19-7-8/h5-6,8,16H,1-4,7,15H2. The van der Waals surface area contributed by atoms with Gasteiger partial charge in [0.15, 0.2) is 0 Å². The van der Waals surface area contributed by atoms with Crippen LogP contribution in [0.15, 0.2) is 26.0 Å². The predicted octanol–water partition coefficient (Wildman–Crippen LogP) is 2.50. The Morgan fingerprint density at radius 3 is 2.75 bits per heavy atom. The predicted molar refractivity (Wildman–Crippen MR) is 85.0 cm³/mol. The van der Waals surface area contributed by atoms with Crippen LogP contribution in [0, 0.1) is 5.92 Å². The van der Waals surface area contributed by atoms with Crippen LogP contribution in [-0.4, -0.2) is 28.2 Å². The van der Waals surface area contributed by atoms with Crippen molar-refractivity contribution < 1.29 is 13.2 Å². The molecule has 0 spiro atoms. The molecule has 0 amide bonds. The summed E-state index contributed by atoms with van der Waals surface area (Å²) in [5, 5.41) is 0. The number of halogens is 2. The van der Waals surface area contributed by atoms with E-state index in [1.54, 1.807) is 12.1 Å². The summed E-state index contributed by atoms with van der Waals surface area (Å²) in [5.74, 6) is 0.434. The van der Waals surface area contributed by atoms with Crippen molar-refractivity contribution in [1.29, 1.82) is 0 Å². The van der Waals surface area contributed by atoms with E-state index in [0.29, 0.717) is 23.5 Å². The number of hydrogen-bond donors (Lipinski definition) is 2. The summed E-state index contributed by atoms with van der Waals surface area (Å²) < 4.78 is 33.6. The first-order chi connectivity index (χ1) is 9.40. The molecule has 5 nitrogen and oxygen atoms in total. The fourth-order valence-corrected chi connectivity index (χ4v) is 5.26. The van der Waals surface area contributed by atoms with E-state index in [0.717, 1.165) is 23.9 Å². The lowest BCUT2D eigenvalue weighted by Crippen LogP contribution is -2.27. The topological polar surface area (TPSA) is 81.4 Å². The summed E-state index contributed by atoms with van der Waals surface area (Å²) in [6.07, 6.45) is 1.76. The molecule has 1 aliphatic rings. The van der Waals surface area contributed by atoms with E-state index in [9.17, 15) is 8.42 Å². The molecule has 1 aromatic carbocycles. The number of ether oxygens (including phenoxy) is 1. The molecule has 8 heteroatoms. The summed E-state index contributed by atoms with van der Waals surface area (Å²) in [6, 6.07) is 3.24. The van der Waals surface area contributed by atoms with Crippen LogP contribution in [0.5, 0.6) is 0 Å². The van der Waals surface area contributed by atoms with Crippen LogP contribution in [0.25, 0.3) is 0 Å². The number of rotatable bonds is 5. The highest BCUT2D eigenvalue weighted by molar-refractivity contribution is 9.11. The fraction of sp³-hybridized carbons (Fsp3) is 0.500. The Hall–Kier alpha value is -0.150. The number of anilines is 1. The normalized spacial score (nSPS) is 19.4. The molecule has 112 valence electrons. The van der Waals surface area contributed by atoms with Gasteiger partial charge in [0.25, 0.3) is 0 Å². The molecule has 0 bridgehead atoms. The van der Waals surface area contributed by atoms with Gasteiger partial charge in [-0.1, -0.05) is 15.9 Å². The number of hydrogen-bond acceptors (Lipinski definition) is 4.